The minimum atomic E-state index is -0.393. The Hall–Kier alpha value is -0.710. The molecule has 4 nitrogen and oxygen atoms in total. The van der Waals surface area contributed by atoms with Gasteiger partial charge >= 0.3 is 5.97 Å². The van der Waals surface area contributed by atoms with E-state index in [1.54, 1.807) is 23.6 Å². The van der Waals surface area contributed by atoms with Crippen molar-refractivity contribution in [3.8, 4) is 0 Å². The molecule has 0 aliphatic carbocycles. The van der Waals surface area contributed by atoms with E-state index in [-0.39, 0.29) is 17.8 Å². The van der Waals surface area contributed by atoms with E-state index < -0.39 is 6.04 Å². The van der Waals surface area contributed by atoms with Crippen molar-refractivity contribution in [2.24, 2.45) is 5.92 Å². The Labute approximate surface area is 107 Å². The van der Waals surface area contributed by atoms with Gasteiger partial charge in [0.1, 0.15) is 6.04 Å². The maximum Gasteiger partial charge on any atom is 0.329 e. The summed E-state index contributed by atoms with van der Waals surface area (Å²) in [6, 6.07) is -0.393. The predicted octanol–water partition coefficient (Wildman–Crippen LogP) is 1.54. The van der Waals surface area contributed by atoms with Gasteiger partial charge in [-0.2, -0.15) is 11.8 Å². The molecule has 0 spiro atoms. The number of nitrogens with zero attached hydrogens (tertiary/aromatic N) is 1. The molecule has 98 valence electrons. The molecule has 17 heavy (non-hydrogen) atoms. The summed E-state index contributed by atoms with van der Waals surface area (Å²) in [5.74, 6) is 1.34. The number of carbonyl (C=O) groups excluding carboxylic acids is 2. The van der Waals surface area contributed by atoms with E-state index in [1.807, 2.05) is 13.8 Å². The minimum Gasteiger partial charge on any atom is -0.464 e. The lowest BCUT2D eigenvalue weighted by Gasteiger charge is -2.35. The fourth-order valence-corrected chi connectivity index (χ4v) is 2.79. The van der Waals surface area contributed by atoms with Crippen molar-refractivity contribution in [1.82, 2.24) is 4.90 Å². The molecule has 2 atom stereocenters. The van der Waals surface area contributed by atoms with Gasteiger partial charge in [0.25, 0.3) is 0 Å². The smallest absolute Gasteiger partial charge is 0.329 e. The molecular weight excluding hydrogens is 238 g/mol. The van der Waals surface area contributed by atoms with Crippen molar-refractivity contribution >= 4 is 23.6 Å². The second kappa shape index (κ2) is 6.89. The van der Waals surface area contributed by atoms with Crippen LogP contribution in [0.4, 0.5) is 0 Å². The SMILES string of the molecule is CCOC(=O)C1CSCCN1C(=O)C(C)CC. The van der Waals surface area contributed by atoms with Gasteiger partial charge < -0.3 is 9.64 Å². The van der Waals surface area contributed by atoms with E-state index in [1.165, 1.54) is 0 Å². The summed E-state index contributed by atoms with van der Waals surface area (Å²) in [7, 11) is 0. The largest absolute Gasteiger partial charge is 0.464 e. The van der Waals surface area contributed by atoms with Gasteiger partial charge in [0, 0.05) is 24.0 Å². The molecule has 1 aliphatic heterocycles. The van der Waals surface area contributed by atoms with Crippen LogP contribution in [-0.2, 0) is 14.3 Å². The molecule has 1 heterocycles. The first-order chi connectivity index (χ1) is 8.11. The second-order valence-electron chi connectivity index (χ2n) is 4.18. The van der Waals surface area contributed by atoms with Crippen molar-refractivity contribution in [2.75, 3.05) is 24.7 Å². The van der Waals surface area contributed by atoms with E-state index in [9.17, 15) is 9.59 Å². The minimum absolute atomic E-state index is 0.0185. The molecule has 1 rings (SSSR count). The first-order valence-electron chi connectivity index (χ1n) is 6.16. The summed E-state index contributed by atoms with van der Waals surface area (Å²) in [6.07, 6.45) is 0.804. The number of esters is 1. The van der Waals surface area contributed by atoms with Crippen LogP contribution < -0.4 is 0 Å². The highest BCUT2D eigenvalue weighted by molar-refractivity contribution is 7.99. The molecule has 1 aliphatic rings. The fourth-order valence-electron chi connectivity index (χ4n) is 1.76. The average molecular weight is 259 g/mol. The highest BCUT2D eigenvalue weighted by Gasteiger charge is 2.34. The van der Waals surface area contributed by atoms with Gasteiger partial charge in [0.2, 0.25) is 5.91 Å². The van der Waals surface area contributed by atoms with Gasteiger partial charge in [-0.05, 0) is 13.3 Å². The lowest BCUT2D eigenvalue weighted by atomic mass is 10.1. The first kappa shape index (κ1) is 14.4. The van der Waals surface area contributed by atoms with E-state index in [2.05, 4.69) is 0 Å². The van der Waals surface area contributed by atoms with Crippen molar-refractivity contribution in [3.63, 3.8) is 0 Å². The Kier molecular flexibility index (Phi) is 5.82. The molecule has 2 unspecified atom stereocenters. The van der Waals surface area contributed by atoms with Gasteiger partial charge in [-0.1, -0.05) is 13.8 Å². The summed E-state index contributed by atoms with van der Waals surface area (Å²) in [6.45, 7) is 6.70. The van der Waals surface area contributed by atoms with Crippen molar-refractivity contribution < 1.29 is 14.3 Å². The molecule has 5 heteroatoms. The molecule has 1 saturated heterocycles. The zero-order valence-corrected chi connectivity index (χ0v) is 11.6. The monoisotopic (exact) mass is 259 g/mol. The molecular formula is C12H21NO3S. The number of carbonyl (C=O) groups is 2. The summed E-state index contributed by atoms with van der Waals surface area (Å²) in [4.78, 5) is 25.6. The Morgan fingerprint density at radius 2 is 2.18 bits per heavy atom. The van der Waals surface area contributed by atoms with E-state index in [0.29, 0.717) is 18.9 Å². The molecule has 1 amide bonds. The zero-order valence-electron chi connectivity index (χ0n) is 10.8. The number of ether oxygens (including phenoxy) is 1. The van der Waals surface area contributed by atoms with Crippen LogP contribution in [0.1, 0.15) is 27.2 Å². The number of hydrogen-bond acceptors (Lipinski definition) is 4. The molecule has 0 saturated carbocycles. The first-order valence-corrected chi connectivity index (χ1v) is 7.32. The number of thioether (sulfide) groups is 1. The maximum atomic E-state index is 12.2. The van der Waals surface area contributed by atoms with Crippen LogP contribution in [0.5, 0.6) is 0 Å². The topological polar surface area (TPSA) is 46.6 Å². The van der Waals surface area contributed by atoms with Gasteiger partial charge in [-0.25, -0.2) is 4.79 Å². The normalized spacial score (nSPS) is 22.1. The summed E-state index contributed by atoms with van der Waals surface area (Å²) in [5.41, 5.74) is 0. The van der Waals surface area contributed by atoms with E-state index >= 15 is 0 Å². The van der Waals surface area contributed by atoms with E-state index in [4.69, 9.17) is 4.74 Å². The van der Waals surface area contributed by atoms with Crippen molar-refractivity contribution in [1.29, 1.82) is 0 Å². The van der Waals surface area contributed by atoms with Gasteiger partial charge in [-0.3, -0.25) is 4.79 Å². The fraction of sp³-hybridized carbons (Fsp3) is 0.833. The maximum absolute atomic E-state index is 12.2. The Morgan fingerprint density at radius 1 is 1.47 bits per heavy atom. The molecule has 0 radical (unpaired) electrons. The lowest BCUT2D eigenvalue weighted by molar-refractivity contribution is -0.155. The number of rotatable bonds is 4. The van der Waals surface area contributed by atoms with Crippen LogP contribution in [0.25, 0.3) is 0 Å². The van der Waals surface area contributed by atoms with Gasteiger partial charge in [0.15, 0.2) is 0 Å². The van der Waals surface area contributed by atoms with Gasteiger partial charge in [0.05, 0.1) is 6.61 Å². The third-order valence-electron chi connectivity index (χ3n) is 3.00. The predicted molar refractivity (Wildman–Crippen MR) is 68.9 cm³/mol. The number of hydrogen-bond donors (Lipinski definition) is 0. The van der Waals surface area contributed by atoms with Crippen LogP contribution in [0, 0.1) is 5.92 Å². The Morgan fingerprint density at radius 3 is 2.76 bits per heavy atom. The zero-order chi connectivity index (χ0) is 12.8. The molecule has 0 N–H and O–H groups in total. The molecule has 0 bridgehead atoms. The van der Waals surface area contributed by atoms with Crippen LogP contribution in [0.2, 0.25) is 0 Å². The molecule has 0 aromatic heterocycles. The second-order valence-corrected chi connectivity index (χ2v) is 5.33. The van der Waals surface area contributed by atoms with Crippen LogP contribution in [0.3, 0.4) is 0 Å². The third-order valence-corrected chi connectivity index (χ3v) is 4.03. The van der Waals surface area contributed by atoms with E-state index in [0.717, 1.165) is 12.2 Å². The Bertz CT molecular complexity index is 283. The van der Waals surface area contributed by atoms with Crippen LogP contribution in [-0.4, -0.2) is 47.5 Å². The standard InChI is InChI=1S/C12H21NO3S/c1-4-9(3)11(14)13-6-7-17-8-10(13)12(15)16-5-2/h9-10H,4-8H2,1-3H3. The quantitative estimate of drug-likeness (QED) is 0.719. The van der Waals surface area contributed by atoms with Crippen LogP contribution in [0.15, 0.2) is 0 Å². The summed E-state index contributed by atoms with van der Waals surface area (Å²) >= 11 is 1.70. The highest BCUT2D eigenvalue weighted by atomic mass is 32.2. The summed E-state index contributed by atoms with van der Waals surface area (Å²) < 4.78 is 5.03. The number of amides is 1. The summed E-state index contributed by atoms with van der Waals surface area (Å²) in [5, 5.41) is 0. The van der Waals surface area contributed by atoms with Gasteiger partial charge in [-0.15, -0.1) is 0 Å². The van der Waals surface area contributed by atoms with Crippen molar-refractivity contribution in [3.05, 3.63) is 0 Å². The highest BCUT2D eigenvalue weighted by Crippen LogP contribution is 2.20. The molecule has 0 aromatic carbocycles. The van der Waals surface area contributed by atoms with Crippen molar-refractivity contribution in [2.45, 2.75) is 33.2 Å². The molecule has 1 fully saturated rings. The Balaban J connectivity index is 2.71. The molecule has 0 aromatic rings. The third kappa shape index (κ3) is 3.63. The van der Waals surface area contributed by atoms with Crippen LogP contribution >= 0.6 is 11.8 Å². The lowest BCUT2D eigenvalue weighted by Crippen LogP contribution is -2.52. The average Bonchev–Trinajstić information content (AvgIpc) is 2.37.